The van der Waals surface area contributed by atoms with Gasteiger partial charge in [0.15, 0.2) is 0 Å². The number of halogens is 1. The SMILES string of the molecule is CC(C)(CCOC(=O)CS)[C@H](OC(=O)Nc1ccc(C#N)cc1)c1cc(Br)ccc1O. The van der Waals surface area contributed by atoms with E-state index in [9.17, 15) is 14.7 Å². The Morgan fingerprint density at radius 1 is 1.26 bits per heavy atom. The quantitative estimate of drug-likeness (QED) is 0.335. The number of nitrogens with one attached hydrogen (secondary N) is 1. The van der Waals surface area contributed by atoms with Gasteiger partial charge in [0.1, 0.15) is 11.9 Å². The average Bonchev–Trinajstić information content (AvgIpc) is 2.74. The van der Waals surface area contributed by atoms with Crippen molar-refractivity contribution in [2.75, 3.05) is 17.7 Å². The van der Waals surface area contributed by atoms with E-state index >= 15 is 0 Å². The van der Waals surface area contributed by atoms with Crippen LogP contribution in [-0.4, -0.2) is 29.5 Å². The van der Waals surface area contributed by atoms with Crippen molar-refractivity contribution in [2.45, 2.75) is 26.4 Å². The second kappa shape index (κ2) is 11.1. The Bertz CT molecular complexity index is 973. The van der Waals surface area contributed by atoms with E-state index in [1.807, 2.05) is 19.9 Å². The zero-order chi connectivity index (χ0) is 23.0. The summed E-state index contributed by atoms with van der Waals surface area (Å²) in [4.78, 5) is 24.0. The summed E-state index contributed by atoms with van der Waals surface area (Å²) in [6, 6.07) is 13.2. The fourth-order valence-corrected chi connectivity index (χ4v) is 3.34. The van der Waals surface area contributed by atoms with Crippen molar-refractivity contribution >= 4 is 46.3 Å². The molecule has 0 heterocycles. The van der Waals surface area contributed by atoms with Crippen molar-refractivity contribution in [3.8, 4) is 11.8 Å². The van der Waals surface area contributed by atoms with E-state index in [0.29, 0.717) is 27.7 Å². The highest BCUT2D eigenvalue weighted by Crippen LogP contribution is 2.43. The topological polar surface area (TPSA) is 109 Å². The van der Waals surface area contributed by atoms with Gasteiger partial charge in [-0.05, 0) is 48.9 Å². The maximum atomic E-state index is 12.6. The third-order valence-corrected chi connectivity index (χ3v) is 5.36. The maximum Gasteiger partial charge on any atom is 0.412 e. The Labute approximate surface area is 194 Å². The molecule has 2 rings (SSSR count). The Morgan fingerprint density at radius 3 is 2.55 bits per heavy atom. The highest BCUT2D eigenvalue weighted by Gasteiger charge is 2.36. The van der Waals surface area contributed by atoms with Crippen LogP contribution in [-0.2, 0) is 14.3 Å². The molecular formula is C22H23BrN2O5S. The third-order valence-electron chi connectivity index (χ3n) is 4.61. The predicted molar refractivity (Wildman–Crippen MR) is 123 cm³/mol. The molecule has 0 bridgehead atoms. The fraction of sp³-hybridized carbons (Fsp3) is 0.318. The molecule has 1 atom stereocenters. The van der Waals surface area contributed by atoms with Crippen LogP contribution in [0.4, 0.5) is 10.5 Å². The molecule has 164 valence electrons. The molecule has 0 spiro atoms. The van der Waals surface area contributed by atoms with Crippen LogP contribution in [0.15, 0.2) is 46.9 Å². The Kier molecular flexibility index (Phi) is 8.77. The number of aromatic hydroxyl groups is 1. The number of nitriles is 1. The van der Waals surface area contributed by atoms with Crippen LogP contribution >= 0.6 is 28.6 Å². The zero-order valence-electron chi connectivity index (χ0n) is 17.1. The molecule has 0 aliphatic carbocycles. The number of hydrogen-bond acceptors (Lipinski definition) is 7. The molecule has 0 saturated heterocycles. The average molecular weight is 507 g/mol. The smallest absolute Gasteiger partial charge is 0.412 e. The van der Waals surface area contributed by atoms with Crippen LogP contribution in [0.3, 0.4) is 0 Å². The van der Waals surface area contributed by atoms with Crippen LogP contribution < -0.4 is 5.32 Å². The van der Waals surface area contributed by atoms with E-state index < -0.39 is 23.6 Å². The van der Waals surface area contributed by atoms with Crippen molar-refractivity contribution in [1.29, 1.82) is 5.26 Å². The van der Waals surface area contributed by atoms with Gasteiger partial charge in [-0.1, -0.05) is 29.8 Å². The van der Waals surface area contributed by atoms with Crippen molar-refractivity contribution in [3.05, 3.63) is 58.1 Å². The largest absolute Gasteiger partial charge is 0.508 e. The number of carbonyl (C=O) groups is 2. The number of carbonyl (C=O) groups excluding carboxylic acids is 2. The number of hydrogen-bond donors (Lipinski definition) is 3. The summed E-state index contributed by atoms with van der Waals surface area (Å²) in [5.74, 6) is -0.500. The summed E-state index contributed by atoms with van der Waals surface area (Å²) >= 11 is 7.25. The van der Waals surface area contributed by atoms with Gasteiger partial charge in [-0.3, -0.25) is 10.1 Å². The number of phenols is 1. The first kappa shape index (κ1) is 24.6. The van der Waals surface area contributed by atoms with Crippen LogP contribution in [0.5, 0.6) is 5.75 Å². The second-order valence-corrected chi connectivity index (χ2v) is 8.65. The Balaban J connectivity index is 2.24. The van der Waals surface area contributed by atoms with E-state index in [2.05, 4.69) is 33.9 Å². The number of amides is 1. The van der Waals surface area contributed by atoms with E-state index in [4.69, 9.17) is 14.7 Å². The number of benzene rings is 2. The lowest BCUT2D eigenvalue weighted by Crippen LogP contribution is -2.30. The number of rotatable bonds is 8. The molecule has 7 nitrogen and oxygen atoms in total. The highest BCUT2D eigenvalue weighted by molar-refractivity contribution is 9.10. The first-order chi connectivity index (χ1) is 14.7. The van der Waals surface area contributed by atoms with Crippen molar-refractivity contribution in [1.82, 2.24) is 0 Å². The monoisotopic (exact) mass is 506 g/mol. The van der Waals surface area contributed by atoms with E-state index in [1.54, 1.807) is 36.4 Å². The number of ether oxygens (including phenoxy) is 2. The number of nitrogens with zero attached hydrogens (tertiary/aromatic N) is 1. The van der Waals surface area contributed by atoms with Crippen LogP contribution in [0.1, 0.15) is 37.5 Å². The summed E-state index contributed by atoms with van der Waals surface area (Å²) in [5.41, 5.74) is 0.640. The zero-order valence-corrected chi connectivity index (χ0v) is 19.6. The van der Waals surface area contributed by atoms with Crippen LogP contribution in [0, 0.1) is 16.7 Å². The molecule has 0 fully saturated rings. The normalized spacial score (nSPS) is 11.8. The Morgan fingerprint density at radius 2 is 1.94 bits per heavy atom. The number of anilines is 1. The minimum Gasteiger partial charge on any atom is -0.508 e. The lowest BCUT2D eigenvalue weighted by atomic mass is 9.79. The first-order valence-corrected chi connectivity index (χ1v) is 10.8. The minimum absolute atomic E-state index is 0.0280. The number of phenolic OH excluding ortho intramolecular Hbond substituents is 1. The van der Waals surface area contributed by atoms with Gasteiger partial charge in [-0.15, -0.1) is 0 Å². The summed E-state index contributed by atoms with van der Waals surface area (Å²) in [7, 11) is 0. The molecule has 2 N–H and O–H groups in total. The predicted octanol–water partition coefficient (Wildman–Crippen LogP) is 5.21. The molecule has 0 unspecified atom stereocenters. The minimum atomic E-state index is -0.849. The molecule has 31 heavy (non-hydrogen) atoms. The van der Waals surface area contributed by atoms with Gasteiger partial charge in [-0.2, -0.15) is 17.9 Å². The highest BCUT2D eigenvalue weighted by atomic mass is 79.9. The fourth-order valence-electron chi connectivity index (χ4n) is 2.87. The number of esters is 1. The van der Waals surface area contributed by atoms with Gasteiger partial charge >= 0.3 is 12.1 Å². The molecule has 2 aromatic carbocycles. The van der Waals surface area contributed by atoms with Gasteiger partial charge in [-0.25, -0.2) is 4.79 Å². The molecule has 9 heteroatoms. The molecule has 0 aliphatic heterocycles. The van der Waals surface area contributed by atoms with E-state index in [1.165, 1.54) is 6.07 Å². The summed E-state index contributed by atoms with van der Waals surface area (Å²) in [6.45, 7) is 3.81. The molecule has 0 aliphatic rings. The molecule has 0 saturated carbocycles. The third kappa shape index (κ3) is 7.19. The van der Waals surface area contributed by atoms with Crippen molar-refractivity contribution < 1.29 is 24.2 Å². The standard InChI is InChI=1S/C22H23BrN2O5S/c1-22(2,9-10-29-19(27)13-31)20(17-11-15(23)5-8-18(17)26)30-21(28)25-16-6-3-14(12-24)4-7-16/h3-8,11,20,26,31H,9-10,13H2,1-2H3,(H,25,28)/t20-/m1/s1. The van der Waals surface area contributed by atoms with Gasteiger partial charge < -0.3 is 14.6 Å². The molecule has 0 aromatic heterocycles. The maximum absolute atomic E-state index is 12.6. The first-order valence-electron chi connectivity index (χ1n) is 9.39. The Hall–Kier alpha value is -2.70. The lowest BCUT2D eigenvalue weighted by Gasteiger charge is -2.34. The summed E-state index contributed by atoms with van der Waals surface area (Å²) in [6.07, 6.45) is -1.21. The van der Waals surface area contributed by atoms with Gasteiger partial charge in [0.25, 0.3) is 0 Å². The van der Waals surface area contributed by atoms with Crippen LogP contribution in [0.25, 0.3) is 0 Å². The number of thiol groups is 1. The van der Waals surface area contributed by atoms with Gasteiger partial charge in [0.2, 0.25) is 0 Å². The molecule has 2 aromatic rings. The molecular weight excluding hydrogens is 484 g/mol. The van der Waals surface area contributed by atoms with Crippen molar-refractivity contribution in [3.63, 3.8) is 0 Å². The summed E-state index contributed by atoms with van der Waals surface area (Å²) < 4.78 is 11.6. The van der Waals surface area contributed by atoms with E-state index in [0.717, 1.165) is 0 Å². The summed E-state index contributed by atoms with van der Waals surface area (Å²) in [5, 5.41) is 21.9. The van der Waals surface area contributed by atoms with Gasteiger partial charge in [0.05, 0.1) is 24.0 Å². The van der Waals surface area contributed by atoms with E-state index in [-0.39, 0.29) is 18.1 Å². The second-order valence-electron chi connectivity index (χ2n) is 7.42. The van der Waals surface area contributed by atoms with Gasteiger partial charge in [0, 0.05) is 21.1 Å². The van der Waals surface area contributed by atoms with Crippen LogP contribution in [0.2, 0.25) is 0 Å². The molecule has 1 amide bonds. The van der Waals surface area contributed by atoms with Crippen molar-refractivity contribution in [2.24, 2.45) is 5.41 Å². The molecule has 0 radical (unpaired) electrons. The lowest BCUT2D eigenvalue weighted by molar-refractivity contribution is -0.141.